The molecule has 0 aromatic carbocycles. The van der Waals surface area contributed by atoms with Gasteiger partial charge in [-0.2, -0.15) is 0 Å². The highest BCUT2D eigenvalue weighted by atomic mass is 28.4. The van der Waals surface area contributed by atoms with Gasteiger partial charge in [0.25, 0.3) is 11.7 Å². The largest absolute Gasteiger partial charge is 0.467 e. The zero-order valence-corrected chi connectivity index (χ0v) is 23.7. The lowest BCUT2D eigenvalue weighted by Gasteiger charge is -2.48. The van der Waals surface area contributed by atoms with E-state index in [4.69, 9.17) is 13.9 Å². The van der Waals surface area contributed by atoms with Crippen molar-refractivity contribution in [2.24, 2.45) is 11.8 Å². The van der Waals surface area contributed by atoms with Gasteiger partial charge in [-0.1, -0.05) is 26.0 Å². The number of esters is 1. The molecule has 1 amide bonds. The van der Waals surface area contributed by atoms with Gasteiger partial charge in [-0.3, -0.25) is 14.4 Å². The fourth-order valence-electron chi connectivity index (χ4n) is 4.84. The Bertz CT molecular complexity index is 865. The topological polar surface area (TPSA) is 99.2 Å². The number of rotatable bonds is 11. The Morgan fingerprint density at radius 3 is 2.44 bits per heavy atom. The highest BCUT2D eigenvalue weighted by molar-refractivity contribution is 6.70. The van der Waals surface area contributed by atoms with Gasteiger partial charge in [-0.05, 0) is 70.7 Å². The van der Waals surface area contributed by atoms with Crippen LogP contribution in [0.5, 0.6) is 0 Å². The first-order valence-corrected chi connectivity index (χ1v) is 16.4. The van der Waals surface area contributed by atoms with E-state index >= 15 is 0 Å². The van der Waals surface area contributed by atoms with E-state index in [0.717, 1.165) is 19.3 Å². The molecule has 0 radical (unpaired) electrons. The van der Waals surface area contributed by atoms with Gasteiger partial charge >= 0.3 is 5.97 Å². The second-order valence-corrected chi connectivity index (χ2v) is 15.3. The molecule has 0 unspecified atom stereocenters. The molecule has 0 bridgehead atoms. The predicted molar refractivity (Wildman–Crippen MR) is 140 cm³/mol. The maximum atomic E-state index is 14.0. The van der Waals surface area contributed by atoms with Gasteiger partial charge in [-0.25, -0.2) is 4.79 Å². The number of likely N-dealkylation sites (tertiary alicyclic amines) is 1. The molecule has 0 spiro atoms. The van der Waals surface area contributed by atoms with Crippen LogP contribution in [-0.4, -0.2) is 68.2 Å². The Kier molecular flexibility index (Phi) is 10.8. The highest BCUT2D eigenvalue weighted by Crippen LogP contribution is 2.41. The first-order chi connectivity index (χ1) is 16.9. The van der Waals surface area contributed by atoms with Crippen molar-refractivity contribution >= 4 is 31.8 Å². The van der Waals surface area contributed by atoms with Crippen molar-refractivity contribution in [3.63, 3.8) is 0 Å². The van der Waals surface area contributed by atoms with E-state index in [0.29, 0.717) is 25.7 Å². The Morgan fingerprint density at radius 1 is 1.14 bits per heavy atom. The van der Waals surface area contributed by atoms with Crippen molar-refractivity contribution in [2.45, 2.75) is 96.4 Å². The molecule has 2 aliphatic rings. The molecular weight excluding hydrogens is 478 g/mol. The number of carbonyl (C=O) groups is 4. The smallest absolute Gasteiger partial charge is 0.328 e. The molecule has 0 N–H and O–H groups in total. The summed E-state index contributed by atoms with van der Waals surface area (Å²) >= 11 is 0. The number of amides is 1. The lowest BCUT2D eigenvalue weighted by atomic mass is 9.83. The minimum absolute atomic E-state index is 0.0962. The number of allylic oxidation sites excluding steroid dienone is 3. The Labute approximate surface area is 216 Å². The zero-order chi connectivity index (χ0) is 27.1. The van der Waals surface area contributed by atoms with E-state index in [1.165, 1.54) is 12.0 Å². The van der Waals surface area contributed by atoms with E-state index in [1.54, 1.807) is 19.1 Å². The second-order valence-electron chi connectivity index (χ2n) is 10.8. The van der Waals surface area contributed by atoms with Crippen LogP contribution in [0.25, 0.3) is 0 Å². The summed E-state index contributed by atoms with van der Waals surface area (Å²) in [5.41, 5.74) is 0. The number of unbranched alkanes of at least 4 members (excludes halogenated alkanes) is 1. The number of ether oxygens (including phenoxy) is 2. The lowest BCUT2D eigenvalue weighted by Crippen LogP contribution is -2.64. The van der Waals surface area contributed by atoms with Crippen LogP contribution in [0.2, 0.25) is 19.6 Å². The third-order valence-electron chi connectivity index (χ3n) is 6.89. The summed E-state index contributed by atoms with van der Waals surface area (Å²) in [6.07, 6.45) is 9.11. The maximum absolute atomic E-state index is 14.0. The summed E-state index contributed by atoms with van der Waals surface area (Å²) < 4.78 is 17.7. The number of hydrogen-bond acceptors (Lipinski definition) is 7. The van der Waals surface area contributed by atoms with E-state index < -0.39 is 55.7 Å². The summed E-state index contributed by atoms with van der Waals surface area (Å²) in [6.45, 7) is 13.4. The van der Waals surface area contributed by atoms with Crippen LogP contribution in [0.1, 0.15) is 58.8 Å². The van der Waals surface area contributed by atoms with Crippen molar-refractivity contribution in [1.29, 1.82) is 0 Å². The van der Waals surface area contributed by atoms with Crippen LogP contribution >= 0.6 is 0 Å². The molecule has 0 saturated carbocycles. The van der Waals surface area contributed by atoms with Crippen molar-refractivity contribution in [3.8, 4) is 0 Å². The van der Waals surface area contributed by atoms with Crippen molar-refractivity contribution in [3.05, 3.63) is 24.8 Å². The Hall–Kier alpha value is -2.10. The second kappa shape index (κ2) is 12.9. The number of methoxy groups -OCH3 is 1. The average Bonchev–Trinajstić information content (AvgIpc) is 2.85. The van der Waals surface area contributed by atoms with Gasteiger partial charge in [0, 0.05) is 18.4 Å². The number of Topliss-reactive ketones (excluding diaryl/α,β-unsaturated/α-hetero) is 1. The molecule has 2 heterocycles. The minimum Gasteiger partial charge on any atom is -0.467 e. The average molecular weight is 522 g/mol. The molecule has 8 nitrogen and oxygen atoms in total. The molecule has 9 heteroatoms. The van der Waals surface area contributed by atoms with Crippen LogP contribution in [0.3, 0.4) is 0 Å². The van der Waals surface area contributed by atoms with E-state index in [9.17, 15) is 19.2 Å². The highest BCUT2D eigenvalue weighted by Gasteiger charge is 2.57. The fourth-order valence-corrected chi connectivity index (χ4v) is 6.09. The van der Waals surface area contributed by atoms with E-state index in [-0.39, 0.29) is 12.3 Å². The molecule has 2 saturated heterocycles. The van der Waals surface area contributed by atoms with Crippen molar-refractivity contribution in [2.75, 3.05) is 13.7 Å². The third-order valence-corrected chi connectivity index (χ3v) is 7.81. The van der Waals surface area contributed by atoms with Crippen LogP contribution in [-0.2, 0) is 33.1 Å². The molecule has 0 aromatic heterocycles. The first-order valence-electron chi connectivity index (χ1n) is 13.0. The molecule has 5 atom stereocenters. The Morgan fingerprint density at radius 2 is 1.83 bits per heavy atom. The summed E-state index contributed by atoms with van der Waals surface area (Å²) in [5.74, 6) is -4.94. The van der Waals surface area contributed by atoms with Gasteiger partial charge in [-0.15, -0.1) is 6.58 Å². The number of nitrogens with zero attached hydrogens (tertiary/aromatic N) is 1. The lowest BCUT2D eigenvalue weighted by molar-refractivity contribution is -0.259. The van der Waals surface area contributed by atoms with Crippen LogP contribution in [0.15, 0.2) is 24.8 Å². The fraction of sp³-hybridized carbons (Fsp3) is 0.704. The van der Waals surface area contributed by atoms with Gasteiger partial charge in [0.2, 0.25) is 5.79 Å². The summed E-state index contributed by atoms with van der Waals surface area (Å²) in [4.78, 5) is 54.1. The molecular formula is C27H43NO7Si. The summed E-state index contributed by atoms with van der Waals surface area (Å²) in [7, 11) is -1.12. The van der Waals surface area contributed by atoms with Gasteiger partial charge in [0.1, 0.15) is 6.04 Å². The van der Waals surface area contributed by atoms with Crippen LogP contribution < -0.4 is 0 Å². The summed E-state index contributed by atoms with van der Waals surface area (Å²) in [5, 5.41) is 0. The van der Waals surface area contributed by atoms with Gasteiger partial charge < -0.3 is 18.8 Å². The SMILES string of the molecule is C=CCC/C=C/C(=O)[C@H](C)[C@@H]1CC[C@@H](C)[C@](O[Si](C)(C)C)(C(=O)C(=O)N2CCCC[C@H]2C(=O)OC)O1. The van der Waals surface area contributed by atoms with Crippen molar-refractivity contribution in [1.82, 2.24) is 4.90 Å². The van der Waals surface area contributed by atoms with E-state index in [2.05, 4.69) is 6.58 Å². The first kappa shape index (κ1) is 30.1. The van der Waals surface area contributed by atoms with Gasteiger partial charge in [0.15, 0.2) is 14.1 Å². The maximum Gasteiger partial charge on any atom is 0.328 e. The van der Waals surface area contributed by atoms with Crippen LogP contribution in [0.4, 0.5) is 0 Å². The normalized spacial score (nSPS) is 27.9. The number of hydrogen-bond donors (Lipinski definition) is 0. The number of carbonyl (C=O) groups excluding carboxylic acids is 4. The molecule has 2 aliphatic heterocycles. The predicted octanol–water partition coefficient (Wildman–Crippen LogP) is 4.20. The monoisotopic (exact) mass is 521 g/mol. The zero-order valence-electron chi connectivity index (χ0n) is 22.7. The molecule has 36 heavy (non-hydrogen) atoms. The van der Waals surface area contributed by atoms with Gasteiger partial charge in [0.05, 0.1) is 13.2 Å². The molecule has 0 aromatic rings. The minimum atomic E-state index is -2.40. The Balaban J connectivity index is 2.37. The van der Waals surface area contributed by atoms with E-state index in [1.807, 2.05) is 32.6 Å². The molecule has 2 rings (SSSR count). The summed E-state index contributed by atoms with van der Waals surface area (Å²) in [6, 6.07) is -0.806. The quantitative estimate of drug-likeness (QED) is 0.100. The molecule has 0 aliphatic carbocycles. The standard InChI is InChI=1S/C27H43NO7Si/c1-8-9-10-11-15-22(29)20(3)23-17-16-19(2)27(34-23,35-36(5,6)7)24(30)25(31)28-18-13-12-14-21(28)26(32)33-4/h8,11,15,19-21,23H,1,9-10,12-14,16-18H2,2-7H3/b15-11+/t19-,20+,21+,23+,27+/m1/s1. The number of ketones is 2. The van der Waals surface area contributed by atoms with Crippen molar-refractivity contribution < 1.29 is 33.1 Å². The molecule has 2 fully saturated rings. The van der Waals surface area contributed by atoms with Crippen LogP contribution in [0, 0.1) is 11.8 Å². The third kappa shape index (κ3) is 7.23. The number of piperidine rings is 1. The molecule has 202 valence electrons.